The van der Waals surface area contributed by atoms with E-state index in [1.54, 1.807) is 18.2 Å². The van der Waals surface area contributed by atoms with Crippen LogP contribution in [-0.2, 0) is 9.59 Å². The Hall–Kier alpha value is -2.67. The average molecular weight is 383 g/mol. The van der Waals surface area contributed by atoms with Gasteiger partial charge in [0.15, 0.2) is 17.7 Å². The number of nitrogens with one attached hydrogen (secondary N) is 2. The average Bonchev–Trinajstić information content (AvgIpc) is 2.61. The van der Waals surface area contributed by atoms with E-state index in [0.717, 1.165) is 12.1 Å². The van der Waals surface area contributed by atoms with Crippen LogP contribution in [0.15, 0.2) is 42.5 Å². The molecule has 2 rings (SSSR count). The molecule has 2 amide bonds. The van der Waals surface area contributed by atoms with Gasteiger partial charge in [-0.2, -0.15) is 0 Å². The van der Waals surface area contributed by atoms with Gasteiger partial charge in [-0.15, -0.1) is 0 Å². The van der Waals surface area contributed by atoms with Gasteiger partial charge >= 0.3 is 0 Å². The minimum absolute atomic E-state index is 0.103. The zero-order chi connectivity index (χ0) is 19.3. The smallest absolute Gasteiger partial charge is 0.261 e. The van der Waals surface area contributed by atoms with Gasteiger partial charge in [-0.1, -0.05) is 23.7 Å². The summed E-state index contributed by atoms with van der Waals surface area (Å²) >= 11 is 5.86. The molecule has 138 valence electrons. The van der Waals surface area contributed by atoms with Crippen LogP contribution in [0.1, 0.15) is 18.5 Å². The Morgan fingerprint density at radius 1 is 1.08 bits per heavy atom. The third-order valence-electron chi connectivity index (χ3n) is 3.55. The Kier molecular flexibility index (Phi) is 6.52. The van der Waals surface area contributed by atoms with Crippen molar-refractivity contribution in [2.45, 2.75) is 19.1 Å². The molecule has 0 saturated carbocycles. The van der Waals surface area contributed by atoms with Crippen LogP contribution in [0, 0.1) is 11.6 Å². The third-order valence-corrected chi connectivity index (χ3v) is 3.79. The van der Waals surface area contributed by atoms with Gasteiger partial charge in [-0.3, -0.25) is 9.59 Å². The van der Waals surface area contributed by atoms with Crippen molar-refractivity contribution < 1.29 is 23.1 Å². The molecule has 2 aromatic rings. The van der Waals surface area contributed by atoms with Crippen LogP contribution in [0.3, 0.4) is 0 Å². The van der Waals surface area contributed by atoms with E-state index in [4.69, 9.17) is 16.3 Å². The summed E-state index contributed by atoms with van der Waals surface area (Å²) in [7, 11) is 1.37. The Labute approximate surface area is 154 Å². The molecular weight excluding hydrogens is 366 g/mol. The van der Waals surface area contributed by atoms with E-state index in [1.165, 1.54) is 26.1 Å². The van der Waals surface area contributed by atoms with Crippen LogP contribution in [0.4, 0.5) is 8.78 Å². The zero-order valence-electron chi connectivity index (χ0n) is 14.1. The molecule has 26 heavy (non-hydrogen) atoms. The van der Waals surface area contributed by atoms with Crippen molar-refractivity contribution in [2.24, 2.45) is 0 Å². The molecule has 0 aliphatic rings. The summed E-state index contributed by atoms with van der Waals surface area (Å²) in [5.41, 5.74) is 0.103. The second-order valence-electron chi connectivity index (χ2n) is 5.45. The van der Waals surface area contributed by atoms with Crippen LogP contribution in [0.5, 0.6) is 5.75 Å². The van der Waals surface area contributed by atoms with Gasteiger partial charge < -0.3 is 15.4 Å². The van der Waals surface area contributed by atoms with Gasteiger partial charge in [0, 0.05) is 12.1 Å². The first-order valence-corrected chi connectivity index (χ1v) is 8.08. The Morgan fingerprint density at radius 2 is 1.81 bits per heavy atom. The van der Waals surface area contributed by atoms with Crippen molar-refractivity contribution in [1.82, 2.24) is 10.6 Å². The standard InChI is InChI=1S/C18H17ClF2N2O3/c1-10(26-13-5-3-4-12(19)9-13)17(24)23-16(18(25)22-2)11-6-7-14(20)15(21)8-11/h3-10,16H,1-2H3,(H,22,25)(H,23,24). The van der Waals surface area contributed by atoms with Crippen LogP contribution >= 0.6 is 11.6 Å². The topological polar surface area (TPSA) is 67.4 Å². The van der Waals surface area contributed by atoms with Gasteiger partial charge in [-0.05, 0) is 42.8 Å². The van der Waals surface area contributed by atoms with Gasteiger partial charge in [0.2, 0.25) is 5.91 Å². The molecule has 0 aliphatic heterocycles. The summed E-state index contributed by atoms with van der Waals surface area (Å²) in [6.45, 7) is 1.49. The van der Waals surface area contributed by atoms with Crippen molar-refractivity contribution >= 4 is 23.4 Å². The fraction of sp³-hybridized carbons (Fsp3) is 0.222. The maximum absolute atomic E-state index is 13.5. The predicted octanol–water partition coefficient (Wildman–Crippen LogP) is 2.99. The highest BCUT2D eigenvalue weighted by atomic mass is 35.5. The Bertz CT molecular complexity index is 817. The highest BCUT2D eigenvalue weighted by molar-refractivity contribution is 6.30. The first-order chi connectivity index (χ1) is 12.3. The van der Waals surface area contributed by atoms with Gasteiger partial charge in [-0.25, -0.2) is 8.78 Å². The van der Waals surface area contributed by atoms with Gasteiger partial charge in [0.1, 0.15) is 11.8 Å². The predicted molar refractivity (Wildman–Crippen MR) is 92.9 cm³/mol. The van der Waals surface area contributed by atoms with Crippen LogP contribution in [-0.4, -0.2) is 25.0 Å². The normalized spacial score (nSPS) is 12.8. The molecule has 0 heterocycles. The summed E-state index contributed by atoms with van der Waals surface area (Å²) in [5.74, 6) is -2.98. The molecule has 2 unspecified atom stereocenters. The minimum atomic E-state index is -1.20. The van der Waals surface area contributed by atoms with E-state index in [1.807, 2.05) is 0 Å². The molecule has 8 heteroatoms. The highest BCUT2D eigenvalue weighted by Gasteiger charge is 2.26. The molecular formula is C18H17ClF2N2O3. The maximum atomic E-state index is 13.5. The number of carbonyl (C=O) groups excluding carboxylic acids is 2. The van der Waals surface area contributed by atoms with E-state index >= 15 is 0 Å². The highest BCUT2D eigenvalue weighted by Crippen LogP contribution is 2.20. The molecule has 5 nitrogen and oxygen atoms in total. The van der Waals surface area contributed by atoms with Crippen LogP contribution in [0.2, 0.25) is 5.02 Å². The SMILES string of the molecule is CNC(=O)C(NC(=O)C(C)Oc1cccc(Cl)c1)c1ccc(F)c(F)c1. The van der Waals surface area contributed by atoms with Crippen molar-refractivity contribution in [3.8, 4) is 5.75 Å². The van der Waals surface area contributed by atoms with E-state index in [2.05, 4.69) is 10.6 Å². The number of halogens is 3. The monoisotopic (exact) mass is 382 g/mol. The molecule has 0 aromatic heterocycles. The Balaban J connectivity index is 2.15. The fourth-order valence-electron chi connectivity index (χ4n) is 2.19. The number of likely N-dealkylation sites (N-methyl/N-ethyl adjacent to an activating group) is 1. The number of ether oxygens (including phenoxy) is 1. The number of benzene rings is 2. The fourth-order valence-corrected chi connectivity index (χ4v) is 2.37. The summed E-state index contributed by atoms with van der Waals surface area (Å²) in [6.07, 6.45) is -0.953. The van der Waals surface area contributed by atoms with E-state index in [9.17, 15) is 18.4 Å². The molecule has 0 aliphatic carbocycles. The molecule has 0 radical (unpaired) electrons. The van der Waals surface area contributed by atoms with Crippen molar-refractivity contribution in [3.05, 3.63) is 64.7 Å². The van der Waals surface area contributed by atoms with Crippen LogP contribution in [0.25, 0.3) is 0 Å². The third kappa shape index (κ3) is 4.92. The second-order valence-corrected chi connectivity index (χ2v) is 5.88. The number of rotatable bonds is 6. The summed E-state index contributed by atoms with van der Waals surface area (Å²) in [6, 6.07) is 8.25. The lowest BCUT2D eigenvalue weighted by Gasteiger charge is -2.21. The number of carbonyl (C=O) groups is 2. The van der Waals surface area contributed by atoms with Crippen molar-refractivity contribution in [3.63, 3.8) is 0 Å². The van der Waals surface area contributed by atoms with Crippen molar-refractivity contribution in [1.29, 1.82) is 0 Å². The first-order valence-electron chi connectivity index (χ1n) is 7.71. The lowest BCUT2D eigenvalue weighted by Crippen LogP contribution is -2.44. The quantitative estimate of drug-likeness (QED) is 0.807. The van der Waals surface area contributed by atoms with E-state index in [0.29, 0.717) is 10.8 Å². The van der Waals surface area contributed by atoms with Crippen molar-refractivity contribution in [2.75, 3.05) is 7.05 Å². The first kappa shape index (κ1) is 19.7. The molecule has 2 aromatic carbocycles. The number of hydrogen-bond donors (Lipinski definition) is 2. The van der Waals surface area contributed by atoms with Gasteiger partial charge in [0.25, 0.3) is 5.91 Å². The summed E-state index contributed by atoms with van der Waals surface area (Å²) in [5, 5.41) is 5.28. The van der Waals surface area contributed by atoms with Gasteiger partial charge in [0.05, 0.1) is 0 Å². The summed E-state index contributed by atoms with van der Waals surface area (Å²) < 4.78 is 32.1. The second kappa shape index (κ2) is 8.62. The number of hydrogen-bond acceptors (Lipinski definition) is 3. The Morgan fingerprint density at radius 3 is 2.42 bits per heavy atom. The largest absolute Gasteiger partial charge is 0.481 e. The number of amides is 2. The lowest BCUT2D eigenvalue weighted by molar-refractivity contribution is -0.132. The molecule has 0 spiro atoms. The molecule has 0 saturated heterocycles. The van der Waals surface area contributed by atoms with Crippen LogP contribution < -0.4 is 15.4 Å². The zero-order valence-corrected chi connectivity index (χ0v) is 14.8. The maximum Gasteiger partial charge on any atom is 0.261 e. The summed E-state index contributed by atoms with van der Waals surface area (Å²) in [4.78, 5) is 24.4. The molecule has 0 bridgehead atoms. The molecule has 0 fully saturated rings. The minimum Gasteiger partial charge on any atom is -0.481 e. The van der Waals surface area contributed by atoms with E-state index < -0.39 is 35.6 Å². The lowest BCUT2D eigenvalue weighted by atomic mass is 10.1. The molecule has 2 N–H and O–H groups in total. The van der Waals surface area contributed by atoms with E-state index in [-0.39, 0.29) is 5.56 Å². The molecule has 2 atom stereocenters.